The van der Waals surface area contributed by atoms with Crippen LogP contribution in [0.25, 0.3) is 0 Å². The Hall–Kier alpha value is 0.0969. The summed E-state index contributed by atoms with van der Waals surface area (Å²) in [5.41, 5.74) is 0. The van der Waals surface area contributed by atoms with Crippen LogP contribution in [-0.2, 0) is 13.6 Å². The summed E-state index contributed by atoms with van der Waals surface area (Å²) >= 11 is 0. The Labute approximate surface area is 62.5 Å². The van der Waals surface area contributed by atoms with E-state index in [-0.39, 0.29) is 0 Å². The molecule has 60 valence electrons. The highest BCUT2D eigenvalue weighted by Crippen LogP contribution is 2.23. The molecule has 0 aromatic heterocycles. The Morgan fingerprint density at radius 2 is 2.00 bits per heavy atom. The minimum Gasteiger partial charge on any atom is -0.398 e. The number of hydrogen-bond donors (Lipinski definition) is 0. The predicted octanol–water partition coefficient (Wildman–Crippen LogP) is 0.750. The van der Waals surface area contributed by atoms with E-state index in [1.165, 1.54) is 0 Å². The lowest BCUT2D eigenvalue weighted by Crippen LogP contribution is -2.37. The molecule has 3 nitrogen and oxygen atoms in total. The fraction of sp³-hybridized carbons (Fsp3) is 1.00. The lowest BCUT2D eigenvalue weighted by Gasteiger charge is -2.21. The Kier molecular flexibility index (Phi) is 2.46. The minimum absolute atomic E-state index is 0.413. The van der Waals surface area contributed by atoms with Gasteiger partial charge in [0, 0.05) is 20.3 Å². The van der Waals surface area contributed by atoms with Gasteiger partial charge in [-0.1, -0.05) is 0 Å². The molecule has 1 fully saturated rings. The molecule has 1 aliphatic rings. The van der Waals surface area contributed by atoms with Crippen molar-refractivity contribution in [2.24, 2.45) is 0 Å². The third-order valence-electron chi connectivity index (χ3n) is 1.86. The van der Waals surface area contributed by atoms with Gasteiger partial charge in [-0.05, 0) is 6.55 Å². The van der Waals surface area contributed by atoms with Gasteiger partial charge >= 0.3 is 8.56 Å². The molecular formula is C6H14O3Si. The van der Waals surface area contributed by atoms with Crippen molar-refractivity contribution in [2.75, 3.05) is 20.8 Å². The van der Waals surface area contributed by atoms with Gasteiger partial charge in [0.2, 0.25) is 0 Å². The van der Waals surface area contributed by atoms with Gasteiger partial charge in [0.25, 0.3) is 0 Å². The molecule has 0 aromatic rings. The van der Waals surface area contributed by atoms with Gasteiger partial charge in [-0.15, -0.1) is 0 Å². The van der Waals surface area contributed by atoms with E-state index >= 15 is 0 Å². The second-order valence-electron chi connectivity index (χ2n) is 2.70. The molecule has 0 bridgehead atoms. The SMILES string of the molecule is CO[Si](C)(CC1CO1)OC. The van der Waals surface area contributed by atoms with E-state index in [1.54, 1.807) is 14.2 Å². The molecule has 1 heterocycles. The molecule has 0 aliphatic carbocycles. The van der Waals surface area contributed by atoms with Crippen molar-refractivity contribution in [2.45, 2.75) is 18.7 Å². The molecule has 1 atom stereocenters. The summed E-state index contributed by atoms with van der Waals surface area (Å²) in [5.74, 6) is 0. The summed E-state index contributed by atoms with van der Waals surface area (Å²) in [6, 6.07) is 0.958. The van der Waals surface area contributed by atoms with Crippen molar-refractivity contribution in [1.29, 1.82) is 0 Å². The van der Waals surface area contributed by atoms with Crippen molar-refractivity contribution < 1.29 is 13.6 Å². The van der Waals surface area contributed by atoms with E-state index in [0.29, 0.717) is 6.10 Å². The van der Waals surface area contributed by atoms with E-state index in [1.807, 2.05) is 0 Å². The summed E-state index contributed by atoms with van der Waals surface area (Å²) in [6.45, 7) is 2.93. The van der Waals surface area contributed by atoms with Crippen LogP contribution in [0.1, 0.15) is 0 Å². The second-order valence-corrected chi connectivity index (χ2v) is 6.19. The van der Waals surface area contributed by atoms with E-state index in [0.717, 1.165) is 12.7 Å². The zero-order chi connectivity index (χ0) is 7.61. The normalized spacial score (nSPS) is 24.9. The Morgan fingerprint density at radius 1 is 1.50 bits per heavy atom. The van der Waals surface area contributed by atoms with Gasteiger partial charge in [-0.3, -0.25) is 0 Å². The maximum atomic E-state index is 5.27. The highest BCUT2D eigenvalue weighted by atomic mass is 28.4. The molecule has 0 aromatic carbocycles. The number of rotatable bonds is 4. The second kappa shape index (κ2) is 3.00. The van der Waals surface area contributed by atoms with Crippen LogP contribution in [0.2, 0.25) is 12.6 Å². The molecule has 1 rings (SSSR count). The molecular weight excluding hydrogens is 148 g/mol. The van der Waals surface area contributed by atoms with Gasteiger partial charge < -0.3 is 13.6 Å². The smallest absolute Gasteiger partial charge is 0.337 e. The summed E-state index contributed by atoms with van der Waals surface area (Å²) < 4.78 is 15.6. The molecule has 10 heavy (non-hydrogen) atoms. The Bertz CT molecular complexity index is 110. The molecule has 0 amide bonds. The van der Waals surface area contributed by atoms with Gasteiger partial charge in [-0.25, -0.2) is 0 Å². The Balaban J connectivity index is 2.29. The fourth-order valence-electron chi connectivity index (χ4n) is 0.849. The largest absolute Gasteiger partial charge is 0.398 e. The zero-order valence-corrected chi connectivity index (χ0v) is 7.72. The van der Waals surface area contributed by atoms with Crippen LogP contribution in [0, 0.1) is 0 Å². The predicted molar refractivity (Wildman–Crippen MR) is 40.2 cm³/mol. The van der Waals surface area contributed by atoms with E-state index in [2.05, 4.69) is 6.55 Å². The molecule has 4 heteroatoms. The highest BCUT2D eigenvalue weighted by molar-refractivity contribution is 6.66. The van der Waals surface area contributed by atoms with Crippen molar-refractivity contribution in [1.82, 2.24) is 0 Å². The van der Waals surface area contributed by atoms with Crippen LogP contribution in [0.15, 0.2) is 0 Å². The summed E-state index contributed by atoms with van der Waals surface area (Å²) in [7, 11) is 1.59. The molecule has 0 saturated carbocycles. The topological polar surface area (TPSA) is 31.0 Å². The fourth-order valence-corrected chi connectivity index (χ4v) is 2.41. The Morgan fingerprint density at radius 3 is 2.30 bits per heavy atom. The third kappa shape index (κ3) is 2.05. The van der Waals surface area contributed by atoms with Crippen LogP contribution >= 0.6 is 0 Å². The van der Waals surface area contributed by atoms with Crippen LogP contribution < -0.4 is 0 Å². The van der Waals surface area contributed by atoms with Crippen molar-refractivity contribution >= 4 is 8.56 Å². The summed E-state index contributed by atoms with van der Waals surface area (Å²) in [6.07, 6.45) is 0.413. The van der Waals surface area contributed by atoms with Gasteiger partial charge in [0.15, 0.2) is 0 Å². The lowest BCUT2D eigenvalue weighted by atomic mass is 10.6. The van der Waals surface area contributed by atoms with Crippen molar-refractivity contribution in [3.63, 3.8) is 0 Å². The van der Waals surface area contributed by atoms with E-state index in [4.69, 9.17) is 13.6 Å². The maximum Gasteiger partial charge on any atom is 0.337 e. The maximum absolute atomic E-state index is 5.27. The van der Waals surface area contributed by atoms with Gasteiger partial charge in [-0.2, -0.15) is 0 Å². The van der Waals surface area contributed by atoms with Crippen LogP contribution in [0.5, 0.6) is 0 Å². The average molecular weight is 162 g/mol. The molecule has 1 saturated heterocycles. The van der Waals surface area contributed by atoms with Crippen LogP contribution in [-0.4, -0.2) is 35.5 Å². The van der Waals surface area contributed by atoms with Gasteiger partial charge in [0.1, 0.15) is 0 Å². The summed E-state index contributed by atoms with van der Waals surface area (Å²) in [4.78, 5) is 0. The first-order valence-corrected chi connectivity index (χ1v) is 5.94. The minimum atomic E-state index is -1.82. The standard InChI is InChI=1S/C6H14O3Si/c1-7-10(3,8-2)5-6-4-9-6/h6H,4-5H2,1-3H3. The van der Waals surface area contributed by atoms with E-state index < -0.39 is 8.56 Å². The van der Waals surface area contributed by atoms with Crippen LogP contribution in [0.4, 0.5) is 0 Å². The first-order chi connectivity index (χ1) is 4.70. The highest BCUT2D eigenvalue weighted by Gasteiger charge is 2.38. The number of hydrogen-bond acceptors (Lipinski definition) is 3. The van der Waals surface area contributed by atoms with Gasteiger partial charge in [0.05, 0.1) is 12.7 Å². The number of epoxide rings is 1. The molecule has 0 radical (unpaired) electrons. The molecule has 0 N–H and O–H groups in total. The average Bonchev–Trinajstić information content (AvgIpc) is 2.72. The quantitative estimate of drug-likeness (QED) is 0.451. The lowest BCUT2D eigenvalue weighted by molar-refractivity contribution is 0.244. The first kappa shape index (κ1) is 8.20. The molecule has 0 spiro atoms. The van der Waals surface area contributed by atoms with Crippen molar-refractivity contribution in [3.05, 3.63) is 0 Å². The first-order valence-electron chi connectivity index (χ1n) is 3.42. The zero-order valence-electron chi connectivity index (χ0n) is 6.72. The molecule has 1 aliphatic heterocycles. The number of ether oxygens (including phenoxy) is 1. The van der Waals surface area contributed by atoms with Crippen LogP contribution in [0.3, 0.4) is 0 Å². The van der Waals surface area contributed by atoms with E-state index in [9.17, 15) is 0 Å². The third-order valence-corrected chi connectivity index (χ3v) is 4.79. The van der Waals surface area contributed by atoms with Crippen molar-refractivity contribution in [3.8, 4) is 0 Å². The summed E-state index contributed by atoms with van der Waals surface area (Å²) in [5, 5.41) is 0. The molecule has 1 unspecified atom stereocenters. The monoisotopic (exact) mass is 162 g/mol.